The highest BCUT2D eigenvalue weighted by molar-refractivity contribution is 9.10. The van der Waals surface area contributed by atoms with Crippen LogP contribution in [0.15, 0.2) is 16.6 Å². The molecule has 0 radical (unpaired) electrons. The predicted molar refractivity (Wildman–Crippen MR) is 48.8 cm³/mol. The summed E-state index contributed by atoms with van der Waals surface area (Å²) in [6.45, 7) is 1.29. The third-order valence-corrected chi connectivity index (χ3v) is 2.17. The maximum absolute atomic E-state index is 12.8. The van der Waals surface area contributed by atoms with Crippen LogP contribution in [0.5, 0.6) is 0 Å². The van der Waals surface area contributed by atoms with Crippen molar-refractivity contribution in [2.75, 3.05) is 0 Å². The molecule has 2 nitrogen and oxygen atoms in total. The topological polar surface area (TPSA) is 40.9 Å². The first-order chi connectivity index (χ1) is 6.06. The minimum Gasteiger partial charge on any atom is -0.294 e. The number of hydrogen-bond acceptors (Lipinski definition) is 2. The summed E-state index contributed by atoms with van der Waals surface area (Å²) in [7, 11) is 0. The minimum atomic E-state index is -0.531. The van der Waals surface area contributed by atoms with Gasteiger partial charge in [0.15, 0.2) is 5.78 Å². The van der Waals surface area contributed by atoms with E-state index in [2.05, 4.69) is 15.9 Å². The van der Waals surface area contributed by atoms with Crippen molar-refractivity contribution in [1.82, 2.24) is 0 Å². The smallest absolute Gasteiger partial charge is 0.161 e. The molecule has 0 amide bonds. The lowest BCUT2D eigenvalue weighted by atomic mass is 10.1. The summed E-state index contributed by atoms with van der Waals surface area (Å²) in [5, 5.41) is 8.68. The lowest BCUT2D eigenvalue weighted by Gasteiger charge is -2.01. The third kappa shape index (κ3) is 1.93. The first-order valence-corrected chi connectivity index (χ1v) is 4.25. The fraction of sp³-hybridized carbons (Fsp3) is 0.111. The molecule has 13 heavy (non-hydrogen) atoms. The van der Waals surface area contributed by atoms with Gasteiger partial charge in [-0.25, -0.2) is 4.39 Å². The second-order valence-corrected chi connectivity index (χ2v) is 3.33. The van der Waals surface area contributed by atoms with E-state index in [1.807, 2.05) is 6.07 Å². The van der Waals surface area contributed by atoms with Gasteiger partial charge >= 0.3 is 0 Å². The number of carbonyl (C=O) groups excluding carboxylic acids is 1. The highest BCUT2D eigenvalue weighted by Crippen LogP contribution is 2.22. The van der Waals surface area contributed by atoms with Crippen LogP contribution >= 0.6 is 15.9 Å². The number of benzene rings is 1. The molecule has 0 aliphatic rings. The van der Waals surface area contributed by atoms with Crippen molar-refractivity contribution in [2.45, 2.75) is 6.92 Å². The van der Waals surface area contributed by atoms with Gasteiger partial charge in [-0.05, 0) is 35.0 Å². The Balaban J connectivity index is 3.50. The van der Waals surface area contributed by atoms with Gasteiger partial charge < -0.3 is 0 Å². The molecule has 0 saturated carbocycles. The van der Waals surface area contributed by atoms with Crippen LogP contribution in [0.2, 0.25) is 0 Å². The quantitative estimate of drug-likeness (QED) is 0.710. The van der Waals surface area contributed by atoms with Gasteiger partial charge in [-0.2, -0.15) is 5.26 Å². The van der Waals surface area contributed by atoms with Crippen molar-refractivity contribution in [3.63, 3.8) is 0 Å². The summed E-state index contributed by atoms with van der Waals surface area (Å²) in [6, 6.07) is 4.06. The van der Waals surface area contributed by atoms with Gasteiger partial charge in [0.2, 0.25) is 0 Å². The van der Waals surface area contributed by atoms with Gasteiger partial charge in [0.05, 0.1) is 5.56 Å². The van der Waals surface area contributed by atoms with Crippen LogP contribution in [0.1, 0.15) is 22.8 Å². The van der Waals surface area contributed by atoms with Gasteiger partial charge in [0.25, 0.3) is 0 Å². The second kappa shape index (κ2) is 3.67. The molecule has 0 fully saturated rings. The zero-order chi connectivity index (χ0) is 10.0. The molecular formula is C9H5BrFNO. The lowest BCUT2D eigenvalue weighted by molar-refractivity contribution is 0.101. The Hall–Kier alpha value is -1.21. The van der Waals surface area contributed by atoms with E-state index < -0.39 is 5.82 Å². The Morgan fingerprint density at radius 2 is 2.23 bits per heavy atom. The molecule has 0 aliphatic heterocycles. The van der Waals surface area contributed by atoms with E-state index in [4.69, 9.17) is 5.26 Å². The largest absolute Gasteiger partial charge is 0.294 e. The number of Topliss-reactive ketones (excluding diaryl/α,β-unsaturated/α-hetero) is 1. The average Bonchev–Trinajstić information content (AvgIpc) is 2.02. The first kappa shape index (κ1) is 9.87. The standard InChI is InChI=1S/C9H5BrFNO/c1-5(13)7-2-6(11)3-9(10)8(7)4-12/h2-3H,1H3. The van der Waals surface area contributed by atoms with E-state index in [0.717, 1.165) is 12.1 Å². The molecule has 0 unspecified atom stereocenters. The molecule has 0 aromatic heterocycles. The van der Waals surface area contributed by atoms with E-state index in [9.17, 15) is 9.18 Å². The zero-order valence-corrected chi connectivity index (χ0v) is 8.35. The van der Waals surface area contributed by atoms with E-state index in [0.29, 0.717) is 4.47 Å². The van der Waals surface area contributed by atoms with Crippen LogP contribution in [0.4, 0.5) is 4.39 Å². The van der Waals surface area contributed by atoms with Gasteiger partial charge in [-0.3, -0.25) is 4.79 Å². The highest BCUT2D eigenvalue weighted by Gasteiger charge is 2.12. The number of carbonyl (C=O) groups is 1. The molecule has 4 heteroatoms. The van der Waals surface area contributed by atoms with E-state index in [1.165, 1.54) is 6.92 Å². The van der Waals surface area contributed by atoms with Crippen molar-refractivity contribution in [3.8, 4) is 6.07 Å². The number of ketones is 1. The van der Waals surface area contributed by atoms with Crippen molar-refractivity contribution in [2.24, 2.45) is 0 Å². The van der Waals surface area contributed by atoms with Crippen molar-refractivity contribution in [1.29, 1.82) is 5.26 Å². The van der Waals surface area contributed by atoms with E-state index in [-0.39, 0.29) is 16.9 Å². The van der Waals surface area contributed by atoms with Gasteiger partial charge in [-0.1, -0.05) is 0 Å². The molecule has 0 N–H and O–H groups in total. The molecule has 1 aromatic carbocycles. The van der Waals surface area contributed by atoms with Gasteiger partial charge in [-0.15, -0.1) is 0 Å². The van der Waals surface area contributed by atoms with Crippen molar-refractivity contribution >= 4 is 21.7 Å². The number of hydrogen-bond donors (Lipinski definition) is 0. The fourth-order valence-corrected chi connectivity index (χ4v) is 1.49. The van der Waals surface area contributed by atoms with E-state index in [1.54, 1.807) is 0 Å². The average molecular weight is 242 g/mol. The molecule has 0 atom stereocenters. The summed E-state index contributed by atoms with van der Waals surface area (Å²) < 4.78 is 13.1. The molecule has 0 aliphatic carbocycles. The van der Waals surface area contributed by atoms with Gasteiger partial charge in [0, 0.05) is 10.0 Å². The summed E-state index contributed by atoms with van der Waals surface area (Å²) in [6.07, 6.45) is 0. The summed E-state index contributed by atoms with van der Waals surface area (Å²) in [4.78, 5) is 11.0. The number of nitriles is 1. The maximum atomic E-state index is 12.8. The lowest BCUT2D eigenvalue weighted by Crippen LogP contribution is -1.98. The number of halogens is 2. The van der Waals surface area contributed by atoms with Gasteiger partial charge in [0.1, 0.15) is 11.9 Å². The Bertz CT molecular complexity index is 409. The predicted octanol–water partition coefficient (Wildman–Crippen LogP) is 2.66. The van der Waals surface area contributed by atoms with Crippen LogP contribution < -0.4 is 0 Å². The Labute approximate surface area is 83.1 Å². The SMILES string of the molecule is CC(=O)c1cc(F)cc(Br)c1C#N. The monoisotopic (exact) mass is 241 g/mol. The molecule has 0 saturated heterocycles. The van der Waals surface area contributed by atoms with Crippen LogP contribution in [-0.4, -0.2) is 5.78 Å². The minimum absolute atomic E-state index is 0.106. The molecule has 1 rings (SSSR count). The first-order valence-electron chi connectivity index (χ1n) is 3.46. The van der Waals surface area contributed by atoms with Crippen LogP contribution in [0.3, 0.4) is 0 Å². The molecule has 0 spiro atoms. The van der Waals surface area contributed by atoms with Crippen molar-refractivity contribution < 1.29 is 9.18 Å². The molecule has 0 bridgehead atoms. The Morgan fingerprint density at radius 1 is 1.62 bits per heavy atom. The summed E-state index contributed by atoms with van der Waals surface area (Å²) in [5.74, 6) is -0.854. The molecule has 66 valence electrons. The fourth-order valence-electron chi connectivity index (χ4n) is 0.965. The summed E-state index contributed by atoms with van der Waals surface area (Å²) >= 11 is 3.01. The Morgan fingerprint density at radius 3 is 2.69 bits per heavy atom. The second-order valence-electron chi connectivity index (χ2n) is 2.48. The number of nitrogens with zero attached hydrogens (tertiary/aromatic N) is 1. The van der Waals surface area contributed by atoms with Crippen LogP contribution in [0.25, 0.3) is 0 Å². The number of rotatable bonds is 1. The molecular weight excluding hydrogens is 237 g/mol. The summed E-state index contributed by atoms with van der Waals surface area (Å²) in [5.41, 5.74) is 0.281. The Kier molecular flexibility index (Phi) is 2.79. The van der Waals surface area contributed by atoms with Crippen LogP contribution in [0, 0.1) is 17.1 Å². The molecule has 1 aromatic rings. The third-order valence-electron chi connectivity index (χ3n) is 1.55. The van der Waals surface area contributed by atoms with E-state index >= 15 is 0 Å². The zero-order valence-electron chi connectivity index (χ0n) is 6.77. The molecule has 0 heterocycles. The van der Waals surface area contributed by atoms with Crippen molar-refractivity contribution in [3.05, 3.63) is 33.5 Å². The maximum Gasteiger partial charge on any atom is 0.161 e. The highest BCUT2D eigenvalue weighted by atomic mass is 79.9. The normalized spacial score (nSPS) is 9.38. The van der Waals surface area contributed by atoms with Crippen LogP contribution in [-0.2, 0) is 0 Å².